The fourth-order valence-corrected chi connectivity index (χ4v) is 5.62. The first-order valence-corrected chi connectivity index (χ1v) is 12.6. The van der Waals surface area contributed by atoms with Gasteiger partial charge in [0.15, 0.2) is 16.6 Å². The summed E-state index contributed by atoms with van der Waals surface area (Å²) in [4.78, 5) is 44.5. The number of aromatic nitrogens is 1. The molecule has 3 aromatic carbocycles. The molecule has 6 rings (SSSR count). The van der Waals surface area contributed by atoms with Gasteiger partial charge in [0, 0.05) is 5.56 Å². The topological polar surface area (TPSA) is 115 Å². The van der Waals surface area contributed by atoms with Crippen LogP contribution >= 0.6 is 11.3 Å². The minimum atomic E-state index is -1.09. The molecule has 1 amide bonds. The number of ketones is 1. The maximum atomic E-state index is 13.9. The van der Waals surface area contributed by atoms with Gasteiger partial charge in [-0.05, 0) is 54.1 Å². The number of methoxy groups -OCH3 is 1. The van der Waals surface area contributed by atoms with Crippen molar-refractivity contribution in [2.24, 2.45) is 0 Å². The van der Waals surface area contributed by atoms with Crippen molar-refractivity contribution in [2.75, 3.05) is 25.2 Å². The lowest BCUT2D eigenvalue weighted by Gasteiger charge is -2.23. The molecule has 0 spiro atoms. The van der Waals surface area contributed by atoms with Gasteiger partial charge in [-0.2, -0.15) is 0 Å². The van der Waals surface area contributed by atoms with Crippen LogP contribution in [0.4, 0.5) is 9.52 Å². The zero-order valence-corrected chi connectivity index (χ0v) is 21.2. The summed E-state index contributed by atoms with van der Waals surface area (Å²) in [5.41, 5.74) is 1.23. The Hall–Kier alpha value is -4.77. The molecule has 0 radical (unpaired) electrons. The van der Waals surface area contributed by atoms with E-state index in [1.54, 1.807) is 24.3 Å². The Morgan fingerprint density at radius 2 is 1.74 bits per heavy atom. The molecule has 11 heteroatoms. The van der Waals surface area contributed by atoms with Crippen LogP contribution in [0.5, 0.6) is 11.5 Å². The van der Waals surface area contributed by atoms with Gasteiger partial charge in [0.25, 0.3) is 5.78 Å². The highest BCUT2D eigenvalue weighted by atomic mass is 32.1. The van der Waals surface area contributed by atoms with Crippen LogP contribution in [0.15, 0.2) is 66.2 Å². The van der Waals surface area contributed by atoms with Crippen molar-refractivity contribution < 1.29 is 38.1 Å². The molecule has 1 saturated heterocycles. The quantitative estimate of drug-likeness (QED) is 0.171. The number of hydrogen-bond acceptors (Lipinski definition) is 9. The van der Waals surface area contributed by atoms with Crippen LogP contribution in [0.1, 0.15) is 27.5 Å². The molecular formula is C28H19FN2O7S. The summed E-state index contributed by atoms with van der Waals surface area (Å²) in [7, 11) is 1.26. The molecule has 2 aliphatic heterocycles. The number of thiazole rings is 1. The molecule has 2 aliphatic rings. The number of anilines is 1. The number of aliphatic hydroxyl groups excluding tert-OH is 1. The molecule has 1 aromatic heterocycles. The molecule has 0 saturated carbocycles. The predicted molar refractivity (Wildman–Crippen MR) is 140 cm³/mol. The van der Waals surface area contributed by atoms with E-state index in [4.69, 9.17) is 14.2 Å². The highest BCUT2D eigenvalue weighted by molar-refractivity contribution is 7.22. The highest BCUT2D eigenvalue weighted by Crippen LogP contribution is 2.45. The number of ether oxygens (including phenoxy) is 3. The fourth-order valence-electron chi connectivity index (χ4n) is 4.60. The summed E-state index contributed by atoms with van der Waals surface area (Å²) < 4.78 is 30.3. The average Bonchev–Trinajstić information content (AvgIpc) is 3.49. The number of carbonyl (C=O) groups excluding carboxylic acids is 3. The lowest BCUT2D eigenvalue weighted by molar-refractivity contribution is -0.132. The minimum Gasteiger partial charge on any atom is -0.507 e. The van der Waals surface area contributed by atoms with Crippen molar-refractivity contribution in [3.05, 3.63) is 88.7 Å². The number of benzene rings is 3. The van der Waals surface area contributed by atoms with Crippen molar-refractivity contribution >= 4 is 50.1 Å². The van der Waals surface area contributed by atoms with Crippen molar-refractivity contribution in [1.29, 1.82) is 0 Å². The van der Waals surface area contributed by atoms with Crippen LogP contribution < -0.4 is 14.4 Å². The summed E-state index contributed by atoms with van der Waals surface area (Å²) in [5.74, 6) is -2.37. The maximum Gasteiger partial charge on any atom is 0.337 e. The molecule has 3 heterocycles. The molecule has 196 valence electrons. The second-order valence-electron chi connectivity index (χ2n) is 8.75. The highest BCUT2D eigenvalue weighted by Gasteiger charge is 2.48. The molecular weight excluding hydrogens is 527 g/mol. The number of Topliss-reactive ketones (excluding diaryl/α,β-unsaturated/α-hetero) is 1. The molecule has 4 aromatic rings. The summed E-state index contributed by atoms with van der Waals surface area (Å²) in [5, 5.41) is 11.6. The molecule has 39 heavy (non-hydrogen) atoms. The van der Waals surface area contributed by atoms with E-state index < -0.39 is 35.3 Å². The molecule has 0 bridgehead atoms. The molecule has 1 fully saturated rings. The van der Waals surface area contributed by atoms with E-state index in [0.717, 1.165) is 11.3 Å². The van der Waals surface area contributed by atoms with E-state index in [1.807, 2.05) is 0 Å². The third-order valence-corrected chi connectivity index (χ3v) is 7.47. The van der Waals surface area contributed by atoms with Gasteiger partial charge in [0.05, 0.1) is 34.5 Å². The summed E-state index contributed by atoms with van der Waals surface area (Å²) in [6.07, 6.45) is 0. The van der Waals surface area contributed by atoms with E-state index >= 15 is 0 Å². The minimum absolute atomic E-state index is 0.154. The normalized spacial score (nSPS) is 18.0. The monoisotopic (exact) mass is 546 g/mol. The number of carbonyl (C=O) groups is 3. The summed E-state index contributed by atoms with van der Waals surface area (Å²) in [6.45, 7) is 0.712. The lowest BCUT2D eigenvalue weighted by Crippen LogP contribution is -2.29. The van der Waals surface area contributed by atoms with Gasteiger partial charge in [-0.1, -0.05) is 23.5 Å². The first-order chi connectivity index (χ1) is 18.9. The Morgan fingerprint density at radius 1 is 1.03 bits per heavy atom. The van der Waals surface area contributed by atoms with Gasteiger partial charge in [0.1, 0.15) is 24.8 Å². The largest absolute Gasteiger partial charge is 0.507 e. The van der Waals surface area contributed by atoms with E-state index in [1.165, 1.54) is 48.4 Å². The average molecular weight is 547 g/mol. The predicted octanol–water partition coefficient (Wildman–Crippen LogP) is 4.62. The van der Waals surface area contributed by atoms with E-state index in [2.05, 4.69) is 4.98 Å². The van der Waals surface area contributed by atoms with Crippen LogP contribution in [0.25, 0.3) is 16.0 Å². The van der Waals surface area contributed by atoms with Gasteiger partial charge in [-0.3, -0.25) is 14.5 Å². The molecule has 0 aliphatic carbocycles. The third-order valence-electron chi connectivity index (χ3n) is 6.45. The number of esters is 1. The van der Waals surface area contributed by atoms with Crippen molar-refractivity contribution in [3.8, 4) is 11.5 Å². The SMILES string of the molecule is COC(=O)c1ccc(C2/C(=C(\O)c3ccc4c(c3)OCCO4)C(=O)C(=O)N2c2nc3ccc(F)cc3s2)cc1. The molecule has 1 atom stereocenters. The second kappa shape index (κ2) is 9.52. The number of hydrogen-bond donors (Lipinski definition) is 1. The number of amides is 1. The van der Waals surface area contributed by atoms with Gasteiger partial charge in [0.2, 0.25) is 0 Å². The summed E-state index contributed by atoms with van der Waals surface area (Å²) in [6, 6.07) is 13.8. The van der Waals surface area contributed by atoms with Gasteiger partial charge in [-0.25, -0.2) is 14.2 Å². The number of fused-ring (bicyclic) bond motifs is 2. The van der Waals surface area contributed by atoms with Crippen molar-refractivity contribution in [1.82, 2.24) is 4.98 Å². The first-order valence-electron chi connectivity index (χ1n) is 11.8. The maximum absolute atomic E-state index is 13.9. The van der Waals surface area contributed by atoms with E-state index in [-0.39, 0.29) is 21.8 Å². The Labute approximate surface area is 224 Å². The Bertz CT molecular complexity index is 1700. The number of rotatable bonds is 4. The summed E-state index contributed by atoms with van der Waals surface area (Å²) >= 11 is 1.04. The Kier molecular flexibility index (Phi) is 5.99. The molecule has 9 nitrogen and oxygen atoms in total. The number of halogens is 1. The lowest BCUT2D eigenvalue weighted by atomic mass is 9.94. The van der Waals surface area contributed by atoms with Gasteiger partial charge in [-0.15, -0.1) is 0 Å². The number of aliphatic hydroxyl groups is 1. The molecule has 1 N–H and O–H groups in total. The van der Waals surface area contributed by atoms with Crippen LogP contribution in [0.3, 0.4) is 0 Å². The standard InChI is InChI=1S/C28H19FN2O7S/c1-36-27(35)15-4-2-14(3-5-15)23-22(24(32)16-6-9-19-20(12-16)38-11-10-37-19)25(33)26(34)31(23)28-30-18-8-7-17(29)13-21(18)39-28/h2-9,12-13,23,32H,10-11H2,1H3/b24-22+. The number of nitrogens with zero attached hydrogens (tertiary/aromatic N) is 2. The Balaban J connectivity index is 1.52. The van der Waals surface area contributed by atoms with Gasteiger partial charge >= 0.3 is 11.9 Å². The van der Waals surface area contributed by atoms with Crippen molar-refractivity contribution in [3.63, 3.8) is 0 Å². The van der Waals surface area contributed by atoms with E-state index in [0.29, 0.717) is 40.5 Å². The second-order valence-corrected chi connectivity index (χ2v) is 9.76. The molecule has 1 unspecified atom stereocenters. The zero-order chi connectivity index (χ0) is 27.3. The fraction of sp³-hybridized carbons (Fsp3) is 0.143. The van der Waals surface area contributed by atoms with Crippen molar-refractivity contribution in [2.45, 2.75) is 6.04 Å². The smallest absolute Gasteiger partial charge is 0.337 e. The first kappa shape index (κ1) is 24.6. The van der Waals surface area contributed by atoms with Crippen LogP contribution in [0, 0.1) is 5.82 Å². The van der Waals surface area contributed by atoms with Gasteiger partial charge < -0.3 is 19.3 Å². The van der Waals surface area contributed by atoms with Crippen LogP contribution in [0.2, 0.25) is 0 Å². The third kappa shape index (κ3) is 4.16. The van der Waals surface area contributed by atoms with E-state index in [9.17, 15) is 23.9 Å². The Morgan fingerprint density at radius 3 is 2.49 bits per heavy atom. The zero-order valence-electron chi connectivity index (χ0n) is 20.3. The van der Waals surface area contributed by atoms with Crippen LogP contribution in [-0.2, 0) is 14.3 Å². The van der Waals surface area contributed by atoms with Crippen LogP contribution in [-0.4, -0.2) is 48.1 Å².